The molecule has 0 aromatic carbocycles. The first-order valence-corrected chi connectivity index (χ1v) is 7.84. The fraction of sp³-hybridized carbons (Fsp3) is 0.200. The topological polar surface area (TPSA) is 85.8 Å². The number of aromatic nitrogens is 5. The van der Waals surface area contributed by atoms with Gasteiger partial charge in [-0.25, -0.2) is 9.67 Å². The van der Waals surface area contributed by atoms with Gasteiger partial charge in [0.1, 0.15) is 10.5 Å². The minimum atomic E-state index is -0.162. The lowest BCUT2D eigenvalue weighted by molar-refractivity contribution is 0.281. The molecule has 1 N–H and O–H groups in total. The zero-order valence-electron chi connectivity index (χ0n) is 12.3. The highest BCUT2D eigenvalue weighted by Gasteiger charge is 2.17. The Morgan fingerprint density at radius 2 is 2.22 bits per heavy atom. The molecule has 0 aliphatic heterocycles. The molecule has 0 fully saturated rings. The summed E-state index contributed by atoms with van der Waals surface area (Å²) in [6.07, 6.45) is 5.10. The summed E-state index contributed by atoms with van der Waals surface area (Å²) in [6, 6.07) is 3.74. The molecule has 0 atom stereocenters. The number of aliphatic hydroxyl groups is 1. The van der Waals surface area contributed by atoms with Crippen molar-refractivity contribution < 1.29 is 5.11 Å². The summed E-state index contributed by atoms with van der Waals surface area (Å²) >= 11 is 1.39. The number of hydrogen-bond acceptors (Lipinski definition) is 6. The maximum Gasteiger partial charge on any atom is 0.291 e. The first kappa shape index (κ1) is 14.0. The van der Waals surface area contributed by atoms with Gasteiger partial charge in [0, 0.05) is 24.8 Å². The molecule has 7 nitrogen and oxygen atoms in total. The molecule has 4 heterocycles. The predicted octanol–water partition coefficient (Wildman–Crippen LogP) is 1.28. The molecule has 0 radical (unpaired) electrons. The number of hydrogen-bond donors (Lipinski definition) is 1. The van der Waals surface area contributed by atoms with Crippen molar-refractivity contribution in [1.82, 2.24) is 24.3 Å². The molecule has 0 aliphatic carbocycles. The first-order chi connectivity index (χ1) is 11.2. The molecule has 23 heavy (non-hydrogen) atoms. The fourth-order valence-corrected chi connectivity index (χ4v) is 3.64. The lowest BCUT2D eigenvalue weighted by atomic mass is 10.3. The Balaban J connectivity index is 1.91. The van der Waals surface area contributed by atoms with E-state index < -0.39 is 0 Å². The molecule has 0 aliphatic rings. The van der Waals surface area contributed by atoms with Crippen LogP contribution in [-0.4, -0.2) is 29.4 Å². The van der Waals surface area contributed by atoms with Crippen LogP contribution in [0.5, 0.6) is 0 Å². The van der Waals surface area contributed by atoms with Gasteiger partial charge < -0.3 is 9.67 Å². The summed E-state index contributed by atoms with van der Waals surface area (Å²) in [6.45, 7) is 0.267. The van der Waals surface area contributed by atoms with Gasteiger partial charge in [0.15, 0.2) is 5.65 Å². The van der Waals surface area contributed by atoms with Gasteiger partial charge in [0.25, 0.3) is 5.56 Å². The van der Waals surface area contributed by atoms with Crippen molar-refractivity contribution in [3.05, 3.63) is 51.6 Å². The van der Waals surface area contributed by atoms with Gasteiger partial charge in [0.2, 0.25) is 0 Å². The van der Waals surface area contributed by atoms with E-state index in [1.165, 1.54) is 16.0 Å². The number of fused-ring (bicyclic) bond motifs is 3. The van der Waals surface area contributed by atoms with Crippen LogP contribution in [0.15, 0.2) is 35.5 Å². The third-order valence-electron chi connectivity index (χ3n) is 3.76. The molecule has 8 heteroatoms. The van der Waals surface area contributed by atoms with Crippen LogP contribution in [0.25, 0.3) is 21.3 Å². The minimum Gasteiger partial charge on any atom is -0.389 e. The number of aliphatic hydroxyl groups excluding tert-OH is 1. The first-order valence-electron chi connectivity index (χ1n) is 7.02. The predicted molar refractivity (Wildman–Crippen MR) is 87.4 cm³/mol. The van der Waals surface area contributed by atoms with Crippen LogP contribution in [0, 0.1) is 0 Å². The van der Waals surface area contributed by atoms with Gasteiger partial charge in [-0.2, -0.15) is 5.10 Å². The second-order valence-electron chi connectivity index (χ2n) is 5.21. The van der Waals surface area contributed by atoms with Crippen LogP contribution >= 0.6 is 11.3 Å². The maximum atomic E-state index is 12.8. The molecule has 0 spiro atoms. The summed E-state index contributed by atoms with van der Waals surface area (Å²) in [5, 5.41) is 14.9. The highest BCUT2D eigenvalue weighted by molar-refractivity contribution is 7.19. The summed E-state index contributed by atoms with van der Waals surface area (Å²) in [5.41, 5.74) is 2.02. The van der Waals surface area contributed by atoms with E-state index in [0.717, 1.165) is 15.6 Å². The lowest BCUT2D eigenvalue weighted by Gasteiger charge is -2.05. The third-order valence-corrected chi connectivity index (χ3v) is 4.82. The molecule has 4 aromatic rings. The average Bonchev–Trinajstić information content (AvgIpc) is 3.10. The van der Waals surface area contributed by atoms with Crippen molar-refractivity contribution in [2.45, 2.75) is 13.2 Å². The summed E-state index contributed by atoms with van der Waals surface area (Å²) in [5.74, 6) is 0. The Morgan fingerprint density at radius 3 is 2.96 bits per heavy atom. The molecule has 0 unspecified atom stereocenters. The van der Waals surface area contributed by atoms with Crippen molar-refractivity contribution in [3.63, 3.8) is 0 Å². The summed E-state index contributed by atoms with van der Waals surface area (Å²) in [4.78, 5) is 21.2. The Morgan fingerprint density at radius 1 is 1.35 bits per heavy atom. The third kappa shape index (κ3) is 2.14. The maximum absolute atomic E-state index is 12.8. The second-order valence-corrected chi connectivity index (χ2v) is 6.29. The molecule has 116 valence electrons. The van der Waals surface area contributed by atoms with Crippen molar-refractivity contribution in [2.75, 3.05) is 0 Å². The van der Waals surface area contributed by atoms with E-state index in [1.54, 1.807) is 30.2 Å². The quantitative estimate of drug-likeness (QED) is 0.612. The fourth-order valence-electron chi connectivity index (χ4n) is 2.68. The highest BCUT2D eigenvalue weighted by Crippen LogP contribution is 2.30. The zero-order chi connectivity index (χ0) is 16.0. The van der Waals surface area contributed by atoms with Crippen molar-refractivity contribution in [3.8, 4) is 0 Å². The number of nitrogens with zero attached hydrogens (tertiary/aromatic N) is 5. The standard InChI is InChI=1S/C15H13N5O2S/c1-19-12-10(13-14(19)18-11(8-21)23-13)6-17-20(15(12)22)7-9-3-2-4-16-5-9/h2-6,21H,7-8H2,1H3. The summed E-state index contributed by atoms with van der Waals surface area (Å²) in [7, 11) is 1.81. The van der Waals surface area contributed by atoms with Crippen LogP contribution in [0.2, 0.25) is 0 Å². The number of thiazole rings is 1. The van der Waals surface area contributed by atoms with E-state index in [1.807, 2.05) is 12.1 Å². The Labute approximate surface area is 134 Å². The Kier molecular flexibility index (Phi) is 3.21. The number of pyridine rings is 1. The monoisotopic (exact) mass is 327 g/mol. The van der Waals surface area contributed by atoms with E-state index in [2.05, 4.69) is 15.1 Å². The molecule has 0 saturated heterocycles. The van der Waals surface area contributed by atoms with Gasteiger partial charge in [-0.3, -0.25) is 9.78 Å². The van der Waals surface area contributed by atoms with Gasteiger partial charge in [-0.15, -0.1) is 11.3 Å². The van der Waals surface area contributed by atoms with E-state index >= 15 is 0 Å². The Hall–Kier alpha value is -2.58. The molecular formula is C15H13N5O2S. The van der Waals surface area contributed by atoms with Crippen molar-refractivity contribution >= 4 is 32.6 Å². The van der Waals surface area contributed by atoms with E-state index in [4.69, 9.17) is 0 Å². The van der Waals surface area contributed by atoms with Gasteiger partial charge in [-0.1, -0.05) is 6.07 Å². The lowest BCUT2D eigenvalue weighted by Crippen LogP contribution is -2.24. The van der Waals surface area contributed by atoms with Gasteiger partial charge in [-0.05, 0) is 11.6 Å². The summed E-state index contributed by atoms with van der Waals surface area (Å²) < 4.78 is 4.07. The molecular weight excluding hydrogens is 314 g/mol. The van der Waals surface area contributed by atoms with Crippen LogP contribution in [0.1, 0.15) is 10.6 Å². The molecule has 0 amide bonds. The highest BCUT2D eigenvalue weighted by atomic mass is 32.1. The smallest absolute Gasteiger partial charge is 0.291 e. The van der Waals surface area contributed by atoms with Gasteiger partial charge >= 0.3 is 0 Å². The SMILES string of the molecule is Cn1c2nc(CO)sc2c2cnn(Cc3cccnc3)c(=O)c21. The minimum absolute atomic E-state index is 0.105. The largest absolute Gasteiger partial charge is 0.389 e. The molecule has 4 rings (SSSR count). The molecule has 0 bridgehead atoms. The second kappa shape index (κ2) is 5.25. The van der Waals surface area contributed by atoms with Crippen molar-refractivity contribution in [1.29, 1.82) is 0 Å². The van der Waals surface area contributed by atoms with Crippen LogP contribution in [0.3, 0.4) is 0 Å². The zero-order valence-corrected chi connectivity index (χ0v) is 13.1. The molecule has 4 aromatic heterocycles. The number of rotatable bonds is 3. The van der Waals surface area contributed by atoms with Crippen LogP contribution < -0.4 is 5.56 Å². The van der Waals surface area contributed by atoms with E-state index in [9.17, 15) is 9.90 Å². The van der Waals surface area contributed by atoms with Crippen LogP contribution in [0.4, 0.5) is 0 Å². The normalized spacial score (nSPS) is 11.6. The van der Waals surface area contributed by atoms with Crippen LogP contribution in [-0.2, 0) is 20.2 Å². The van der Waals surface area contributed by atoms with Gasteiger partial charge in [0.05, 0.1) is 24.0 Å². The Bertz CT molecular complexity index is 1060. The molecule has 0 saturated carbocycles. The average molecular weight is 327 g/mol. The van der Waals surface area contributed by atoms with E-state index in [0.29, 0.717) is 22.7 Å². The number of aryl methyl sites for hydroxylation is 1. The van der Waals surface area contributed by atoms with Crippen molar-refractivity contribution in [2.24, 2.45) is 7.05 Å². The van der Waals surface area contributed by atoms with E-state index in [-0.39, 0.29) is 12.2 Å².